The fourth-order valence-electron chi connectivity index (χ4n) is 1.95. The second-order valence-electron chi connectivity index (χ2n) is 4.26. The summed E-state index contributed by atoms with van der Waals surface area (Å²) >= 11 is 3.29. The smallest absolute Gasteiger partial charge is 0.106 e. The molecular formula is C13H14N4S2. The van der Waals surface area contributed by atoms with Gasteiger partial charge in [0.1, 0.15) is 5.52 Å². The average molecular weight is 290 g/mol. The molecule has 98 valence electrons. The highest BCUT2D eigenvalue weighted by atomic mass is 32.1. The molecule has 0 atom stereocenters. The van der Waals surface area contributed by atoms with E-state index in [0.29, 0.717) is 0 Å². The van der Waals surface area contributed by atoms with Crippen molar-refractivity contribution >= 4 is 44.3 Å². The van der Waals surface area contributed by atoms with Crippen molar-refractivity contribution in [2.75, 3.05) is 17.6 Å². The van der Waals surface area contributed by atoms with E-state index in [1.165, 1.54) is 0 Å². The molecule has 4 nitrogen and oxygen atoms in total. The van der Waals surface area contributed by atoms with E-state index in [4.69, 9.17) is 5.73 Å². The molecule has 0 saturated heterocycles. The Bertz CT molecular complexity index is 702. The Balaban J connectivity index is 1.69. The van der Waals surface area contributed by atoms with Crippen molar-refractivity contribution in [3.05, 3.63) is 33.7 Å². The normalized spacial score (nSPS) is 11.0. The van der Waals surface area contributed by atoms with Crippen LogP contribution in [0.2, 0.25) is 0 Å². The van der Waals surface area contributed by atoms with E-state index < -0.39 is 0 Å². The van der Waals surface area contributed by atoms with E-state index in [1.807, 2.05) is 18.5 Å². The van der Waals surface area contributed by atoms with Crippen LogP contribution in [0.25, 0.3) is 10.2 Å². The van der Waals surface area contributed by atoms with E-state index >= 15 is 0 Å². The molecule has 2 aromatic heterocycles. The first-order valence-corrected chi connectivity index (χ1v) is 7.76. The zero-order valence-corrected chi connectivity index (χ0v) is 12.1. The molecule has 0 aliphatic rings. The number of nitrogens with one attached hydrogen (secondary N) is 1. The molecule has 0 bridgehead atoms. The number of nitrogen functional groups attached to an aromatic ring is 1. The van der Waals surface area contributed by atoms with E-state index in [-0.39, 0.29) is 0 Å². The summed E-state index contributed by atoms with van der Waals surface area (Å²) in [5.41, 5.74) is 11.6. The van der Waals surface area contributed by atoms with Crippen LogP contribution in [0.15, 0.2) is 23.0 Å². The molecule has 0 unspecified atom stereocenters. The Morgan fingerprint density at radius 3 is 3.00 bits per heavy atom. The fourth-order valence-corrected chi connectivity index (χ4v) is 3.29. The van der Waals surface area contributed by atoms with Crippen LogP contribution >= 0.6 is 22.7 Å². The van der Waals surface area contributed by atoms with E-state index in [0.717, 1.165) is 45.3 Å². The minimum absolute atomic E-state index is 0.730. The highest BCUT2D eigenvalue weighted by Gasteiger charge is 2.06. The van der Waals surface area contributed by atoms with Crippen molar-refractivity contribution in [2.24, 2.45) is 0 Å². The minimum Gasteiger partial charge on any atom is -0.395 e. The van der Waals surface area contributed by atoms with Crippen LogP contribution in [0.1, 0.15) is 10.7 Å². The lowest BCUT2D eigenvalue weighted by Crippen LogP contribution is -2.07. The maximum atomic E-state index is 6.12. The molecule has 3 N–H and O–H groups in total. The summed E-state index contributed by atoms with van der Waals surface area (Å²) in [6.45, 7) is 2.85. The number of aromatic nitrogens is 2. The fraction of sp³-hybridized carbons (Fsp3) is 0.231. The van der Waals surface area contributed by atoms with Gasteiger partial charge in [-0.1, -0.05) is 0 Å². The number of rotatable bonds is 4. The van der Waals surface area contributed by atoms with Gasteiger partial charge in [0.15, 0.2) is 0 Å². The average Bonchev–Trinajstić information content (AvgIpc) is 3.01. The zero-order chi connectivity index (χ0) is 13.2. The molecule has 0 saturated carbocycles. The van der Waals surface area contributed by atoms with Gasteiger partial charge in [0.25, 0.3) is 0 Å². The summed E-state index contributed by atoms with van der Waals surface area (Å²) in [6.07, 6.45) is 0.902. The molecule has 3 aromatic rings. The number of aryl methyl sites for hydroxylation is 1. The third kappa shape index (κ3) is 2.54. The predicted octanol–water partition coefficient (Wildman–Crippen LogP) is 3.30. The van der Waals surface area contributed by atoms with Crippen molar-refractivity contribution in [1.29, 1.82) is 0 Å². The Morgan fingerprint density at radius 2 is 2.21 bits per heavy atom. The SMILES string of the molecule is Cc1nc(CCNc2ccc3scnc3c2N)cs1. The third-order valence-electron chi connectivity index (χ3n) is 2.90. The van der Waals surface area contributed by atoms with Crippen LogP contribution in [0.4, 0.5) is 11.4 Å². The highest BCUT2D eigenvalue weighted by molar-refractivity contribution is 7.16. The lowest BCUT2D eigenvalue weighted by Gasteiger charge is -2.08. The molecule has 19 heavy (non-hydrogen) atoms. The summed E-state index contributed by atoms with van der Waals surface area (Å²) in [5, 5.41) is 6.57. The molecule has 0 aliphatic carbocycles. The molecule has 2 heterocycles. The molecule has 0 fully saturated rings. The second kappa shape index (κ2) is 5.14. The lowest BCUT2D eigenvalue weighted by molar-refractivity contribution is 0.969. The summed E-state index contributed by atoms with van der Waals surface area (Å²) in [4.78, 5) is 8.73. The molecule has 1 aromatic carbocycles. The first-order chi connectivity index (χ1) is 9.24. The van der Waals surface area contributed by atoms with Crippen molar-refractivity contribution in [3.63, 3.8) is 0 Å². The van der Waals surface area contributed by atoms with E-state index in [9.17, 15) is 0 Å². The maximum absolute atomic E-state index is 6.12. The third-order valence-corrected chi connectivity index (χ3v) is 4.52. The van der Waals surface area contributed by atoms with Gasteiger partial charge in [-0.2, -0.15) is 0 Å². The monoisotopic (exact) mass is 290 g/mol. The first-order valence-electron chi connectivity index (χ1n) is 6.00. The number of benzene rings is 1. The minimum atomic E-state index is 0.730. The zero-order valence-electron chi connectivity index (χ0n) is 10.5. The molecule has 0 spiro atoms. The quantitative estimate of drug-likeness (QED) is 0.724. The largest absolute Gasteiger partial charge is 0.395 e. The van der Waals surface area contributed by atoms with Gasteiger partial charge >= 0.3 is 0 Å². The molecule has 0 amide bonds. The summed E-state index contributed by atoms with van der Waals surface area (Å²) in [6, 6.07) is 4.07. The van der Waals surface area contributed by atoms with Crippen molar-refractivity contribution in [1.82, 2.24) is 9.97 Å². The Morgan fingerprint density at radius 1 is 1.32 bits per heavy atom. The summed E-state index contributed by atoms with van der Waals surface area (Å²) in [5.74, 6) is 0. The number of hydrogen-bond acceptors (Lipinski definition) is 6. The van der Waals surface area contributed by atoms with Gasteiger partial charge in [0, 0.05) is 18.3 Å². The number of hydrogen-bond donors (Lipinski definition) is 2. The molecular weight excluding hydrogens is 276 g/mol. The van der Waals surface area contributed by atoms with Crippen molar-refractivity contribution < 1.29 is 0 Å². The predicted molar refractivity (Wildman–Crippen MR) is 83.1 cm³/mol. The Hall–Kier alpha value is -1.66. The number of thiazole rings is 2. The van der Waals surface area contributed by atoms with Crippen LogP contribution in [0.5, 0.6) is 0 Å². The number of anilines is 2. The van der Waals surface area contributed by atoms with Crippen molar-refractivity contribution in [2.45, 2.75) is 13.3 Å². The molecule has 6 heteroatoms. The first kappa shape index (κ1) is 12.4. The van der Waals surface area contributed by atoms with Crippen LogP contribution in [0, 0.1) is 6.92 Å². The van der Waals surface area contributed by atoms with Gasteiger partial charge in [-0.25, -0.2) is 9.97 Å². The lowest BCUT2D eigenvalue weighted by atomic mass is 10.2. The van der Waals surface area contributed by atoms with Crippen LogP contribution in [-0.2, 0) is 6.42 Å². The number of nitrogens with two attached hydrogens (primary N) is 1. The van der Waals surface area contributed by atoms with E-state index in [1.54, 1.807) is 22.7 Å². The van der Waals surface area contributed by atoms with Gasteiger partial charge in [0.05, 0.1) is 32.3 Å². The molecule has 3 rings (SSSR count). The Labute approximate surface area is 119 Å². The van der Waals surface area contributed by atoms with Crippen LogP contribution < -0.4 is 11.1 Å². The van der Waals surface area contributed by atoms with Crippen LogP contribution in [0.3, 0.4) is 0 Å². The van der Waals surface area contributed by atoms with Gasteiger partial charge in [0.2, 0.25) is 0 Å². The topological polar surface area (TPSA) is 63.8 Å². The summed E-state index contributed by atoms with van der Waals surface area (Å²) < 4.78 is 1.12. The van der Waals surface area contributed by atoms with E-state index in [2.05, 4.69) is 26.7 Å². The second-order valence-corrected chi connectivity index (χ2v) is 6.21. The molecule has 0 aliphatic heterocycles. The number of nitrogens with zero attached hydrogens (tertiary/aromatic N) is 2. The van der Waals surface area contributed by atoms with Gasteiger partial charge in [-0.05, 0) is 19.1 Å². The molecule has 0 radical (unpaired) electrons. The maximum Gasteiger partial charge on any atom is 0.106 e. The van der Waals surface area contributed by atoms with Gasteiger partial charge in [-0.3, -0.25) is 0 Å². The highest BCUT2D eigenvalue weighted by Crippen LogP contribution is 2.29. The standard InChI is InChI=1S/C13H14N4S2/c1-8-17-9(6-18-8)4-5-15-10-2-3-11-13(12(10)14)16-7-19-11/h2-3,6-7,15H,4-5,14H2,1H3. The number of fused-ring (bicyclic) bond motifs is 1. The Kier molecular flexibility index (Phi) is 3.35. The van der Waals surface area contributed by atoms with Crippen LogP contribution in [-0.4, -0.2) is 16.5 Å². The summed E-state index contributed by atoms with van der Waals surface area (Å²) in [7, 11) is 0. The van der Waals surface area contributed by atoms with Gasteiger partial charge in [-0.15, -0.1) is 22.7 Å². The van der Waals surface area contributed by atoms with Crippen molar-refractivity contribution in [3.8, 4) is 0 Å². The van der Waals surface area contributed by atoms with Gasteiger partial charge < -0.3 is 11.1 Å².